The molecule has 3 aromatic rings. The number of hydrogen-bond acceptors (Lipinski definition) is 3. The lowest BCUT2D eigenvalue weighted by atomic mass is 10.2. The van der Waals surface area contributed by atoms with E-state index in [2.05, 4.69) is 120 Å². The van der Waals surface area contributed by atoms with Gasteiger partial charge >= 0.3 is 0 Å². The number of anilines is 1. The number of thiazole rings is 1. The zero-order chi connectivity index (χ0) is 24.9. The molecule has 6 heteroatoms. The molecule has 0 saturated heterocycles. The number of fused-ring (bicyclic) bond motifs is 2. The average molecular weight is 566 g/mol. The molecule has 1 aromatic heterocycles. The number of rotatable bonds is 7. The summed E-state index contributed by atoms with van der Waals surface area (Å²) in [4.78, 5) is 3.68. The number of nitrogens with zero attached hydrogens (tertiary/aromatic N) is 2. The largest absolute Gasteiger partial charge is 1.00 e. The maximum Gasteiger partial charge on any atom is 0.262 e. The Morgan fingerprint density at radius 2 is 1.68 bits per heavy atom. The van der Waals surface area contributed by atoms with E-state index < -0.39 is 0 Å². The second kappa shape index (κ2) is 12.8. The van der Waals surface area contributed by atoms with Gasteiger partial charge in [0, 0.05) is 28.6 Å². The first kappa shape index (κ1) is 27.5. The summed E-state index contributed by atoms with van der Waals surface area (Å²) in [6, 6.07) is 17.2. The number of benzene rings is 2. The Kier molecular flexibility index (Phi) is 9.55. The highest BCUT2D eigenvalue weighted by atomic mass is 35.5. The van der Waals surface area contributed by atoms with Crippen molar-refractivity contribution in [1.29, 1.82) is 0 Å². The van der Waals surface area contributed by atoms with E-state index in [0.717, 1.165) is 31.0 Å². The fourth-order valence-electron chi connectivity index (χ4n) is 4.63. The minimum atomic E-state index is 0. The highest BCUT2D eigenvalue weighted by molar-refractivity contribution is 8.03. The van der Waals surface area contributed by atoms with Crippen molar-refractivity contribution in [3.8, 4) is 0 Å². The van der Waals surface area contributed by atoms with Crippen molar-refractivity contribution in [2.24, 2.45) is 0 Å². The SMILES string of the molecule is CCN1\C(=C/C=C/C=C2\CCC(/C=C/C=C/c3sc4ccccc4[n+]3CC)=C2Cl)Sc2ccccc21.[Cl-]. The average Bonchev–Trinajstić information content (AvgIpc) is 3.56. The maximum absolute atomic E-state index is 6.73. The molecule has 2 nitrogen and oxygen atoms in total. The lowest BCUT2D eigenvalue weighted by Crippen LogP contribution is -3.00. The molecule has 1 aliphatic heterocycles. The van der Waals surface area contributed by atoms with Crippen LogP contribution >= 0.6 is 34.7 Å². The summed E-state index contributed by atoms with van der Waals surface area (Å²) < 4.78 is 3.68. The number of para-hydroxylation sites is 2. The molecular weight excluding hydrogens is 535 g/mol. The first-order chi connectivity index (χ1) is 17.7. The van der Waals surface area contributed by atoms with E-state index in [0.29, 0.717) is 0 Å². The number of halogens is 2. The van der Waals surface area contributed by atoms with Gasteiger partial charge in [-0.1, -0.05) is 95.4 Å². The van der Waals surface area contributed by atoms with Crippen LogP contribution in [-0.2, 0) is 6.54 Å². The second-order valence-electron chi connectivity index (χ2n) is 8.61. The van der Waals surface area contributed by atoms with E-state index in [1.54, 1.807) is 0 Å². The monoisotopic (exact) mass is 564 g/mol. The van der Waals surface area contributed by atoms with E-state index in [4.69, 9.17) is 11.6 Å². The predicted molar refractivity (Wildman–Crippen MR) is 159 cm³/mol. The molecule has 190 valence electrons. The van der Waals surface area contributed by atoms with Gasteiger partial charge in [-0.3, -0.25) is 0 Å². The molecule has 2 aliphatic rings. The number of aryl methyl sites for hydroxylation is 1. The van der Waals surface area contributed by atoms with Crippen molar-refractivity contribution >= 4 is 56.7 Å². The maximum atomic E-state index is 6.73. The van der Waals surface area contributed by atoms with E-state index >= 15 is 0 Å². The van der Waals surface area contributed by atoms with Gasteiger partial charge in [0.15, 0.2) is 0 Å². The Balaban J connectivity index is 0.00000320. The number of thioether (sulfide) groups is 1. The first-order valence-electron chi connectivity index (χ1n) is 12.5. The predicted octanol–water partition coefficient (Wildman–Crippen LogP) is 6.03. The summed E-state index contributed by atoms with van der Waals surface area (Å²) in [6.07, 6.45) is 19.1. The molecule has 2 aromatic carbocycles. The van der Waals surface area contributed by atoms with Gasteiger partial charge < -0.3 is 17.3 Å². The molecule has 5 rings (SSSR count). The van der Waals surface area contributed by atoms with Gasteiger partial charge in [-0.25, -0.2) is 0 Å². The molecule has 0 unspecified atom stereocenters. The van der Waals surface area contributed by atoms with Gasteiger partial charge in [0.05, 0.1) is 10.7 Å². The molecule has 0 saturated carbocycles. The van der Waals surface area contributed by atoms with Crippen LogP contribution < -0.4 is 21.9 Å². The second-order valence-corrected chi connectivity index (χ2v) is 11.1. The minimum Gasteiger partial charge on any atom is -1.00 e. The molecule has 0 spiro atoms. The fourth-order valence-corrected chi connectivity index (χ4v) is 7.23. The van der Waals surface area contributed by atoms with Crippen molar-refractivity contribution < 1.29 is 17.0 Å². The van der Waals surface area contributed by atoms with E-state index in [1.165, 1.54) is 42.0 Å². The minimum absolute atomic E-state index is 0. The van der Waals surface area contributed by atoms with Gasteiger partial charge in [-0.15, -0.1) is 0 Å². The lowest BCUT2D eigenvalue weighted by molar-refractivity contribution is -0.665. The molecule has 0 radical (unpaired) electrons. The highest BCUT2D eigenvalue weighted by Gasteiger charge is 2.22. The first-order valence-corrected chi connectivity index (χ1v) is 14.5. The van der Waals surface area contributed by atoms with Gasteiger partial charge in [-0.05, 0) is 62.1 Å². The fraction of sp³-hybridized carbons (Fsp3) is 0.194. The Hall–Kier alpha value is -2.50. The molecular formula is C31H30Cl2N2S2. The molecule has 0 atom stereocenters. The van der Waals surface area contributed by atoms with Crippen molar-refractivity contribution in [2.45, 2.75) is 38.1 Å². The van der Waals surface area contributed by atoms with Crippen LogP contribution in [0.5, 0.6) is 0 Å². The third-order valence-corrected chi connectivity index (χ3v) is 9.17. The Labute approximate surface area is 239 Å². The van der Waals surface area contributed by atoms with Gasteiger partial charge in [0.2, 0.25) is 5.52 Å². The summed E-state index contributed by atoms with van der Waals surface area (Å²) in [5.74, 6) is 0. The normalized spacial score (nSPS) is 18.0. The van der Waals surface area contributed by atoms with Crippen LogP contribution in [0.25, 0.3) is 16.3 Å². The van der Waals surface area contributed by atoms with Gasteiger partial charge in [0.1, 0.15) is 11.2 Å². The van der Waals surface area contributed by atoms with Crippen molar-refractivity contribution in [3.63, 3.8) is 0 Å². The molecule has 0 amide bonds. The Morgan fingerprint density at radius 3 is 2.51 bits per heavy atom. The van der Waals surface area contributed by atoms with Crippen LogP contribution in [-0.4, -0.2) is 6.54 Å². The molecule has 0 N–H and O–H groups in total. The van der Waals surface area contributed by atoms with E-state index in [-0.39, 0.29) is 12.4 Å². The van der Waals surface area contributed by atoms with Crippen LogP contribution in [0.3, 0.4) is 0 Å². The van der Waals surface area contributed by atoms with E-state index in [1.807, 2.05) is 23.1 Å². The third-order valence-electron chi connectivity index (χ3n) is 6.43. The smallest absolute Gasteiger partial charge is 0.262 e. The van der Waals surface area contributed by atoms with Crippen molar-refractivity contribution in [1.82, 2.24) is 0 Å². The van der Waals surface area contributed by atoms with Crippen molar-refractivity contribution in [3.05, 3.63) is 117 Å². The van der Waals surface area contributed by atoms with Gasteiger partial charge in [-0.2, -0.15) is 4.57 Å². The number of hydrogen-bond donors (Lipinski definition) is 0. The van der Waals surface area contributed by atoms with Gasteiger partial charge in [0.25, 0.3) is 5.01 Å². The summed E-state index contributed by atoms with van der Waals surface area (Å²) >= 11 is 10.4. The van der Waals surface area contributed by atoms with E-state index in [9.17, 15) is 0 Å². The summed E-state index contributed by atoms with van der Waals surface area (Å²) in [5, 5.41) is 3.42. The molecule has 1 aliphatic carbocycles. The van der Waals surface area contributed by atoms with Crippen LogP contribution in [0.15, 0.2) is 117 Å². The molecule has 37 heavy (non-hydrogen) atoms. The summed E-state index contributed by atoms with van der Waals surface area (Å²) in [5.41, 5.74) is 5.01. The highest BCUT2D eigenvalue weighted by Crippen LogP contribution is 2.45. The molecule has 0 bridgehead atoms. The Morgan fingerprint density at radius 1 is 0.919 bits per heavy atom. The molecule has 0 fully saturated rings. The lowest BCUT2D eigenvalue weighted by Gasteiger charge is -2.17. The molecule has 2 heterocycles. The third kappa shape index (κ3) is 5.99. The topological polar surface area (TPSA) is 7.12 Å². The number of allylic oxidation sites excluding steroid dienone is 10. The van der Waals surface area contributed by atoms with Crippen LogP contribution in [0, 0.1) is 0 Å². The quantitative estimate of drug-likeness (QED) is 0.255. The number of aromatic nitrogens is 1. The van der Waals surface area contributed by atoms with Crippen molar-refractivity contribution in [2.75, 3.05) is 11.4 Å². The summed E-state index contributed by atoms with van der Waals surface area (Å²) in [7, 11) is 0. The Bertz CT molecular complexity index is 1460. The zero-order valence-corrected chi connectivity index (χ0v) is 24.2. The van der Waals surface area contributed by atoms with Crippen LogP contribution in [0.2, 0.25) is 0 Å². The summed E-state index contributed by atoms with van der Waals surface area (Å²) in [6.45, 7) is 6.31. The van der Waals surface area contributed by atoms with Crippen LogP contribution in [0.4, 0.5) is 5.69 Å². The zero-order valence-electron chi connectivity index (χ0n) is 21.0. The standard InChI is InChI=1S/C31H30ClN2S2.ClH/c1-3-33-25-15-7-9-17-27(25)35-29(33)19-11-5-13-23-21-22-24(31(23)32)14-6-12-20-30-34(4-2)26-16-8-10-18-28(26)36-30;/h5-20H,3-4,21-22H2,1-2H3;1H/q+1;/p-1. The van der Waals surface area contributed by atoms with Crippen LogP contribution in [0.1, 0.15) is 31.7 Å².